The molecule has 0 aromatic carbocycles. The van der Waals surface area contributed by atoms with E-state index in [0.717, 1.165) is 23.3 Å². The number of halogens is 2. The smallest absolute Gasteiger partial charge is 0.128 e. The summed E-state index contributed by atoms with van der Waals surface area (Å²) in [5.74, 6) is 0. The topological polar surface area (TPSA) is 43.8 Å². The van der Waals surface area contributed by atoms with Crippen molar-refractivity contribution in [1.29, 1.82) is 0 Å². The summed E-state index contributed by atoms with van der Waals surface area (Å²) in [6.45, 7) is 0.960. The number of hydrogen-bond donors (Lipinski definition) is 1. The molecule has 62 valence electrons. The van der Waals surface area contributed by atoms with Crippen LogP contribution in [0.2, 0.25) is 0 Å². The zero-order chi connectivity index (χ0) is 7.14. The highest BCUT2D eigenvalue weighted by Crippen LogP contribution is 2.25. The van der Waals surface area contributed by atoms with Crippen molar-refractivity contribution in [2.45, 2.75) is 19.0 Å². The minimum Gasteiger partial charge on any atom is -0.323 e. The molecule has 1 aliphatic heterocycles. The van der Waals surface area contributed by atoms with Gasteiger partial charge in [0.2, 0.25) is 0 Å². The van der Waals surface area contributed by atoms with E-state index in [0.29, 0.717) is 0 Å². The monoisotopic (exact) mass is 237 g/mol. The van der Waals surface area contributed by atoms with Crippen LogP contribution in [0.5, 0.6) is 0 Å². The maximum Gasteiger partial charge on any atom is 0.128 e. The molecule has 5 heteroatoms. The Labute approximate surface area is 79.5 Å². The van der Waals surface area contributed by atoms with Crippen LogP contribution >= 0.6 is 28.3 Å². The van der Waals surface area contributed by atoms with Gasteiger partial charge in [-0.15, -0.1) is 12.4 Å². The summed E-state index contributed by atoms with van der Waals surface area (Å²) in [6.07, 6.45) is 1.02. The lowest BCUT2D eigenvalue weighted by molar-refractivity contribution is 0.633. The fourth-order valence-corrected chi connectivity index (χ4v) is 1.71. The molecule has 0 aliphatic carbocycles. The number of nitrogens with zero attached hydrogens (tertiary/aromatic N) is 2. The number of aromatic nitrogens is 2. The lowest BCUT2D eigenvalue weighted by Gasteiger charge is -1.95. The molecule has 0 bridgehead atoms. The van der Waals surface area contributed by atoms with E-state index in [2.05, 4.69) is 21.0 Å². The average molecular weight is 239 g/mol. The van der Waals surface area contributed by atoms with Gasteiger partial charge in [-0.25, -0.2) is 0 Å². The summed E-state index contributed by atoms with van der Waals surface area (Å²) >= 11 is 3.30. The van der Waals surface area contributed by atoms with Crippen LogP contribution in [0.15, 0.2) is 10.7 Å². The van der Waals surface area contributed by atoms with Gasteiger partial charge in [0.1, 0.15) is 4.60 Å². The summed E-state index contributed by atoms with van der Waals surface area (Å²) in [7, 11) is 0. The molecule has 2 rings (SSSR count). The molecule has 1 aromatic heterocycles. The van der Waals surface area contributed by atoms with Gasteiger partial charge in [-0.3, -0.25) is 4.68 Å². The first kappa shape index (κ1) is 9.03. The third kappa shape index (κ3) is 1.43. The summed E-state index contributed by atoms with van der Waals surface area (Å²) in [6, 6.07) is 2.18. The molecule has 0 spiro atoms. The summed E-state index contributed by atoms with van der Waals surface area (Å²) in [5, 5.41) is 4.19. The maximum atomic E-state index is 5.78. The Bertz CT molecular complexity index is 260. The van der Waals surface area contributed by atoms with Crippen molar-refractivity contribution >= 4 is 28.3 Å². The molecule has 11 heavy (non-hydrogen) atoms. The van der Waals surface area contributed by atoms with Gasteiger partial charge < -0.3 is 5.73 Å². The lowest BCUT2D eigenvalue weighted by atomic mass is 10.2. The highest BCUT2D eigenvalue weighted by molar-refractivity contribution is 9.10. The molecule has 0 fully saturated rings. The third-order valence-electron chi connectivity index (χ3n) is 1.81. The number of hydrogen-bond acceptors (Lipinski definition) is 2. The van der Waals surface area contributed by atoms with E-state index in [1.165, 1.54) is 0 Å². The van der Waals surface area contributed by atoms with Crippen LogP contribution in [-0.2, 0) is 6.54 Å². The number of fused-ring (bicyclic) bond motifs is 1. The summed E-state index contributed by atoms with van der Waals surface area (Å²) in [4.78, 5) is 0. The van der Waals surface area contributed by atoms with Crippen molar-refractivity contribution in [3.63, 3.8) is 0 Å². The van der Waals surface area contributed by atoms with E-state index in [9.17, 15) is 0 Å². The van der Waals surface area contributed by atoms with Crippen LogP contribution in [0.1, 0.15) is 18.2 Å². The maximum absolute atomic E-state index is 5.78. The number of aryl methyl sites for hydroxylation is 1. The third-order valence-corrected chi connectivity index (χ3v) is 2.20. The van der Waals surface area contributed by atoms with Crippen molar-refractivity contribution < 1.29 is 0 Å². The van der Waals surface area contributed by atoms with Crippen molar-refractivity contribution in [1.82, 2.24) is 9.78 Å². The van der Waals surface area contributed by atoms with Gasteiger partial charge in [0.15, 0.2) is 0 Å². The summed E-state index contributed by atoms with van der Waals surface area (Å²) < 4.78 is 2.84. The molecule has 0 saturated heterocycles. The molecule has 1 atom stereocenters. The number of rotatable bonds is 0. The van der Waals surface area contributed by atoms with Gasteiger partial charge in [0.05, 0.1) is 5.69 Å². The predicted octanol–water partition coefficient (Wildman–Crippen LogP) is 1.47. The van der Waals surface area contributed by atoms with E-state index >= 15 is 0 Å². The van der Waals surface area contributed by atoms with Gasteiger partial charge in [-0.2, -0.15) is 5.10 Å². The molecule has 3 nitrogen and oxygen atoms in total. The predicted molar refractivity (Wildman–Crippen MR) is 48.7 cm³/mol. The standard InChI is InChI=1S/C6H8BrN3.ClH/c7-6-3-5-4(8)1-2-10(5)9-6;/h3-4H,1-2,8H2;1H/t4-;/m0./s1. The molecule has 0 amide bonds. The fraction of sp³-hybridized carbons (Fsp3) is 0.500. The second-order valence-electron chi connectivity index (χ2n) is 2.51. The first-order valence-electron chi connectivity index (χ1n) is 3.26. The normalized spacial score (nSPS) is 21.1. The minimum atomic E-state index is 0. The fourth-order valence-electron chi connectivity index (χ4n) is 1.29. The molecule has 2 N–H and O–H groups in total. The molecule has 0 saturated carbocycles. The van der Waals surface area contributed by atoms with E-state index in [-0.39, 0.29) is 18.4 Å². The zero-order valence-corrected chi connectivity index (χ0v) is 8.23. The molecular formula is C6H9BrClN3. The Morgan fingerprint density at radius 3 is 3.09 bits per heavy atom. The molecule has 1 aromatic rings. The molecule has 2 heterocycles. The lowest BCUT2D eigenvalue weighted by Crippen LogP contribution is -2.04. The van der Waals surface area contributed by atoms with Crippen molar-refractivity contribution in [2.75, 3.05) is 0 Å². The molecule has 0 radical (unpaired) electrons. The number of nitrogens with two attached hydrogens (primary N) is 1. The van der Waals surface area contributed by atoms with Gasteiger partial charge in [0, 0.05) is 12.6 Å². The highest BCUT2D eigenvalue weighted by atomic mass is 79.9. The SMILES string of the molecule is Cl.N[C@H]1CCn2nc(Br)cc21. The van der Waals surface area contributed by atoms with Gasteiger partial charge in [-0.05, 0) is 28.4 Å². The molecule has 0 unspecified atom stereocenters. The van der Waals surface area contributed by atoms with Gasteiger partial charge in [0.25, 0.3) is 0 Å². The van der Waals surface area contributed by atoms with Crippen LogP contribution in [-0.4, -0.2) is 9.78 Å². The van der Waals surface area contributed by atoms with Gasteiger partial charge in [-0.1, -0.05) is 0 Å². The van der Waals surface area contributed by atoms with Crippen molar-refractivity contribution in [3.8, 4) is 0 Å². The van der Waals surface area contributed by atoms with Crippen LogP contribution in [0.4, 0.5) is 0 Å². The molecular weight excluding hydrogens is 229 g/mol. The van der Waals surface area contributed by atoms with Crippen LogP contribution in [0.3, 0.4) is 0 Å². The Morgan fingerprint density at radius 1 is 1.73 bits per heavy atom. The second kappa shape index (κ2) is 3.13. The quantitative estimate of drug-likeness (QED) is 0.744. The van der Waals surface area contributed by atoms with Crippen molar-refractivity contribution in [2.24, 2.45) is 5.73 Å². The van der Waals surface area contributed by atoms with Crippen molar-refractivity contribution in [3.05, 3.63) is 16.4 Å². The minimum absolute atomic E-state index is 0. The van der Waals surface area contributed by atoms with E-state index < -0.39 is 0 Å². The first-order chi connectivity index (χ1) is 4.77. The van der Waals surface area contributed by atoms with E-state index in [1.807, 2.05) is 10.7 Å². The highest BCUT2D eigenvalue weighted by Gasteiger charge is 2.20. The Kier molecular flexibility index (Phi) is 2.57. The van der Waals surface area contributed by atoms with Crippen LogP contribution < -0.4 is 5.73 Å². The Hall–Kier alpha value is -0.0600. The zero-order valence-electron chi connectivity index (χ0n) is 5.83. The first-order valence-corrected chi connectivity index (χ1v) is 4.05. The second-order valence-corrected chi connectivity index (χ2v) is 3.32. The van der Waals surface area contributed by atoms with Crippen LogP contribution in [0.25, 0.3) is 0 Å². The summed E-state index contributed by atoms with van der Waals surface area (Å²) in [5.41, 5.74) is 6.92. The molecule has 1 aliphatic rings. The largest absolute Gasteiger partial charge is 0.323 e. The van der Waals surface area contributed by atoms with Gasteiger partial charge >= 0.3 is 0 Å². The van der Waals surface area contributed by atoms with Crippen LogP contribution in [0, 0.1) is 0 Å². The van der Waals surface area contributed by atoms with E-state index in [4.69, 9.17) is 5.73 Å². The Morgan fingerprint density at radius 2 is 2.45 bits per heavy atom. The van der Waals surface area contributed by atoms with E-state index in [1.54, 1.807) is 0 Å². The average Bonchev–Trinajstić information content (AvgIpc) is 2.35. The Balaban J connectivity index is 0.000000605.